The molecular weight excluding hydrogens is 186 g/mol. The molecule has 0 amide bonds. The van der Waals surface area contributed by atoms with Crippen LogP contribution in [-0.2, 0) is 0 Å². The van der Waals surface area contributed by atoms with Gasteiger partial charge in [0.2, 0.25) is 5.95 Å². The molecule has 0 saturated carbocycles. The Bertz CT molecular complexity index is 430. The molecule has 1 aromatic heterocycles. The van der Waals surface area contributed by atoms with Crippen molar-refractivity contribution >= 4 is 5.95 Å². The van der Waals surface area contributed by atoms with Gasteiger partial charge in [-0.2, -0.15) is 0 Å². The third-order valence-electron chi connectivity index (χ3n) is 2.05. The molecule has 3 nitrogen and oxygen atoms in total. The van der Waals surface area contributed by atoms with Crippen molar-refractivity contribution < 1.29 is 0 Å². The number of allylic oxidation sites excluding steroid dienone is 5. The molecule has 0 saturated heterocycles. The molecule has 0 bridgehead atoms. The highest BCUT2D eigenvalue weighted by Crippen LogP contribution is 2.08. The minimum Gasteiger partial charge on any atom is -0.324 e. The van der Waals surface area contributed by atoms with Crippen LogP contribution in [-0.4, -0.2) is 9.97 Å². The summed E-state index contributed by atoms with van der Waals surface area (Å²) >= 11 is 0. The molecule has 1 aromatic rings. The van der Waals surface area contributed by atoms with Gasteiger partial charge in [-0.25, -0.2) is 9.97 Å². The number of hydrogen-bond donors (Lipinski definition) is 1. The van der Waals surface area contributed by atoms with Gasteiger partial charge in [0, 0.05) is 17.6 Å². The Kier molecular flexibility index (Phi) is 2.93. The van der Waals surface area contributed by atoms with Gasteiger partial charge >= 0.3 is 0 Å². The Morgan fingerprint density at radius 3 is 3.13 bits per heavy atom. The zero-order valence-electron chi connectivity index (χ0n) is 8.64. The second-order valence-electron chi connectivity index (χ2n) is 3.33. The van der Waals surface area contributed by atoms with E-state index < -0.39 is 0 Å². The highest BCUT2D eigenvalue weighted by Gasteiger charge is 1.98. The summed E-state index contributed by atoms with van der Waals surface area (Å²) in [6.45, 7) is 1.95. The van der Waals surface area contributed by atoms with Crippen LogP contribution < -0.4 is 5.32 Å². The van der Waals surface area contributed by atoms with Gasteiger partial charge in [-0.15, -0.1) is 0 Å². The third kappa shape index (κ3) is 2.77. The van der Waals surface area contributed by atoms with Gasteiger partial charge in [0.05, 0.1) is 0 Å². The van der Waals surface area contributed by atoms with Crippen LogP contribution in [0.2, 0.25) is 0 Å². The highest BCUT2D eigenvalue weighted by atomic mass is 15.1. The van der Waals surface area contributed by atoms with E-state index >= 15 is 0 Å². The lowest BCUT2D eigenvalue weighted by atomic mass is 10.3. The standard InChI is InChI=1S/C12H13N3/c1-10-8-9-13-12(14-10)15-11-6-4-2-3-5-7-11/h2-4,6-9H,5H2,1H3,(H,13,14,15). The lowest BCUT2D eigenvalue weighted by molar-refractivity contribution is 1.09. The van der Waals surface area contributed by atoms with E-state index in [9.17, 15) is 0 Å². The second kappa shape index (κ2) is 4.55. The van der Waals surface area contributed by atoms with Gasteiger partial charge in [0.25, 0.3) is 0 Å². The van der Waals surface area contributed by atoms with E-state index in [4.69, 9.17) is 0 Å². The van der Waals surface area contributed by atoms with Crippen LogP contribution in [0.25, 0.3) is 0 Å². The van der Waals surface area contributed by atoms with E-state index in [1.165, 1.54) is 0 Å². The van der Waals surface area contributed by atoms with Crippen LogP contribution in [0.3, 0.4) is 0 Å². The SMILES string of the molecule is Cc1ccnc(NC2=CCC=CC=C2)n1. The Hall–Kier alpha value is -1.90. The summed E-state index contributed by atoms with van der Waals surface area (Å²) in [5.41, 5.74) is 1.99. The topological polar surface area (TPSA) is 37.8 Å². The van der Waals surface area contributed by atoms with E-state index in [0.717, 1.165) is 17.8 Å². The fraction of sp³-hybridized carbons (Fsp3) is 0.167. The normalized spacial score (nSPS) is 14.6. The van der Waals surface area contributed by atoms with Gasteiger partial charge in [-0.3, -0.25) is 0 Å². The van der Waals surface area contributed by atoms with Gasteiger partial charge in [-0.1, -0.05) is 24.3 Å². The van der Waals surface area contributed by atoms with Gasteiger partial charge in [0.1, 0.15) is 0 Å². The summed E-state index contributed by atoms with van der Waals surface area (Å²) < 4.78 is 0. The molecule has 15 heavy (non-hydrogen) atoms. The molecule has 1 N–H and O–H groups in total. The van der Waals surface area contributed by atoms with Crippen molar-refractivity contribution in [1.82, 2.24) is 9.97 Å². The minimum atomic E-state index is 0.646. The van der Waals surface area contributed by atoms with E-state index in [1.807, 2.05) is 31.2 Å². The first-order chi connectivity index (χ1) is 7.34. The molecule has 0 fully saturated rings. The van der Waals surface area contributed by atoms with Crippen LogP contribution in [0.4, 0.5) is 5.95 Å². The van der Waals surface area contributed by atoms with Crippen LogP contribution in [0, 0.1) is 6.92 Å². The predicted octanol–water partition coefficient (Wildman–Crippen LogP) is 2.60. The lowest BCUT2D eigenvalue weighted by Crippen LogP contribution is -2.01. The predicted molar refractivity (Wildman–Crippen MR) is 61.4 cm³/mol. The van der Waals surface area contributed by atoms with Crippen molar-refractivity contribution in [2.45, 2.75) is 13.3 Å². The smallest absolute Gasteiger partial charge is 0.227 e. The fourth-order valence-corrected chi connectivity index (χ4v) is 1.31. The molecule has 0 unspecified atom stereocenters. The number of nitrogens with one attached hydrogen (secondary N) is 1. The fourth-order valence-electron chi connectivity index (χ4n) is 1.31. The molecule has 0 aliphatic heterocycles. The first-order valence-corrected chi connectivity index (χ1v) is 4.94. The molecule has 0 atom stereocenters. The quantitative estimate of drug-likeness (QED) is 0.795. The van der Waals surface area contributed by atoms with Crippen molar-refractivity contribution in [3.05, 3.63) is 54.0 Å². The summed E-state index contributed by atoms with van der Waals surface area (Å²) in [5, 5.41) is 3.17. The van der Waals surface area contributed by atoms with Crippen molar-refractivity contribution in [2.75, 3.05) is 5.32 Å². The van der Waals surface area contributed by atoms with Crippen molar-refractivity contribution in [1.29, 1.82) is 0 Å². The molecule has 76 valence electrons. The van der Waals surface area contributed by atoms with Crippen molar-refractivity contribution in [3.8, 4) is 0 Å². The van der Waals surface area contributed by atoms with E-state index in [2.05, 4.69) is 27.4 Å². The van der Waals surface area contributed by atoms with Crippen LogP contribution in [0.5, 0.6) is 0 Å². The monoisotopic (exact) mass is 199 g/mol. The maximum absolute atomic E-state index is 4.28. The van der Waals surface area contributed by atoms with Crippen LogP contribution in [0.15, 0.2) is 48.3 Å². The molecule has 0 radical (unpaired) electrons. The number of nitrogens with zero attached hydrogens (tertiary/aromatic N) is 2. The molecule has 1 heterocycles. The summed E-state index contributed by atoms with van der Waals surface area (Å²) in [6, 6.07) is 1.88. The van der Waals surface area contributed by atoms with Gasteiger partial charge < -0.3 is 5.32 Å². The summed E-state index contributed by atoms with van der Waals surface area (Å²) in [7, 11) is 0. The van der Waals surface area contributed by atoms with Crippen molar-refractivity contribution in [2.24, 2.45) is 0 Å². The molecule has 0 aromatic carbocycles. The minimum absolute atomic E-state index is 0.646. The Balaban J connectivity index is 2.12. The summed E-state index contributed by atoms with van der Waals surface area (Å²) in [5.74, 6) is 0.646. The number of anilines is 1. The van der Waals surface area contributed by atoms with Gasteiger partial charge in [-0.05, 0) is 25.5 Å². The lowest BCUT2D eigenvalue weighted by Gasteiger charge is -2.04. The zero-order valence-corrected chi connectivity index (χ0v) is 8.64. The Morgan fingerprint density at radius 1 is 1.33 bits per heavy atom. The number of aromatic nitrogens is 2. The maximum atomic E-state index is 4.28. The average Bonchev–Trinajstić information content (AvgIpc) is 2.46. The number of hydrogen-bond acceptors (Lipinski definition) is 3. The molecule has 2 rings (SSSR count). The van der Waals surface area contributed by atoms with Crippen LogP contribution >= 0.6 is 0 Å². The summed E-state index contributed by atoms with van der Waals surface area (Å²) in [6.07, 6.45) is 12.9. The van der Waals surface area contributed by atoms with E-state index in [0.29, 0.717) is 5.95 Å². The second-order valence-corrected chi connectivity index (χ2v) is 3.33. The Morgan fingerprint density at radius 2 is 2.27 bits per heavy atom. The van der Waals surface area contributed by atoms with E-state index in [-0.39, 0.29) is 0 Å². The number of rotatable bonds is 2. The number of aryl methyl sites for hydroxylation is 1. The molecule has 3 heteroatoms. The molecule has 0 spiro atoms. The molecule has 1 aliphatic rings. The largest absolute Gasteiger partial charge is 0.324 e. The maximum Gasteiger partial charge on any atom is 0.227 e. The molecule has 1 aliphatic carbocycles. The highest BCUT2D eigenvalue weighted by molar-refractivity contribution is 5.41. The van der Waals surface area contributed by atoms with Crippen LogP contribution in [0.1, 0.15) is 12.1 Å². The average molecular weight is 199 g/mol. The first kappa shape index (κ1) is 9.65. The third-order valence-corrected chi connectivity index (χ3v) is 2.05. The first-order valence-electron chi connectivity index (χ1n) is 4.94. The zero-order chi connectivity index (χ0) is 10.5. The summed E-state index contributed by atoms with van der Waals surface area (Å²) in [4.78, 5) is 8.43. The Labute approximate surface area is 89.3 Å². The molecular formula is C12H13N3. The van der Waals surface area contributed by atoms with E-state index in [1.54, 1.807) is 6.20 Å². The van der Waals surface area contributed by atoms with Gasteiger partial charge in [0.15, 0.2) is 0 Å². The van der Waals surface area contributed by atoms with Crippen molar-refractivity contribution in [3.63, 3.8) is 0 Å².